The van der Waals surface area contributed by atoms with Crippen LogP contribution in [0.2, 0.25) is 5.02 Å². The van der Waals surface area contributed by atoms with Gasteiger partial charge < -0.3 is 9.15 Å². The summed E-state index contributed by atoms with van der Waals surface area (Å²) in [6, 6.07) is 9.40. The molecule has 0 bridgehead atoms. The molecule has 0 saturated heterocycles. The fourth-order valence-electron chi connectivity index (χ4n) is 2.17. The average Bonchev–Trinajstić information content (AvgIpc) is 3.08. The lowest BCUT2D eigenvalue weighted by Crippen LogP contribution is -2.14. The molecule has 1 heterocycles. The topological polar surface area (TPSA) is 112 Å². The molecule has 0 aliphatic rings. The zero-order valence-electron chi connectivity index (χ0n) is 13.6. The van der Waals surface area contributed by atoms with Crippen molar-refractivity contribution in [1.82, 2.24) is 4.98 Å². The highest BCUT2D eigenvalue weighted by Gasteiger charge is 2.19. The summed E-state index contributed by atoms with van der Waals surface area (Å²) >= 11 is 5.82. The highest BCUT2D eigenvalue weighted by molar-refractivity contribution is 7.89. The second-order valence-corrected chi connectivity index (χ2v) is 7.39. The molecule has 27 heavy (non-hydrogen) atoms. The van der Waals surface area contributed by atoms with Crippen molar-refractivity contribution < 1.29 is 26.8 Å². The fraction of sp³-hybridized carbons (Fsp3) is 0.0588. The Kier molecular flexibility index (Phi) is 5.26. The number of nitrogens with zero attached hydrogens (tertiary/aromatic N) is 1. The van der Waals surface area contributed by atoms with Gasteiger partial charge in [-0.1, -0.05) is 11.6 Å². The third-order valence-electron chi connectivity index (χ3n) is 3.50. The van der Waals surface area contributed by atoms with Gasteiger partial charge in [0.2, 0.25) is 15.9 Å². The van der Waals surface area contributed by atoms with Crippen molar-refractivity contribution in [2.75, 3.05) is 0 Å². The van der Waals surface area contributed by atoms with Crippen molar-refractivity contribution in [3.05, 3.63) is 71.0 Å². The molecule has 0 atom stereocenters. The molecule has 7 nitrogen and oxygen atoms in total. The molecule has 0 fully saturated rings. The van der Waals surface area contributed by atoms with Crippen LogP contribution in [-0.4, -0.2) is 19.4 Å². The Morgan fingerprint density at radius 3 is 2.59 bits per heavy atom. The van der Waals surface area contributed by atoms with Crippen molar-refractivity contribution >= 4 is 27.6 Å². The first-order chi connectivity index (χ1) is 12.7. The number of nitrogens with two attached hydrogens (primary N) is 1. The molecule has 0 aliphatic heterocycles. The lowest BCUT2D eigenvalue weighted by Gasteiger charge is -2.05. The van der Waals surface area contributed by atoms with Crippen molar-refractivity contribution in [1.29, 1.82) is 0 Å². The summed E-state index contributed by atoms with van der Waals surface area (Å²) < 4.78 is 46.9. The van der Waals surface area contributed by atoms with E-state index >= 15 is 0 Å². The van der Waals surface area contributed by atoms with Gasteiger partial charge in [-0.2, -0.15) is 0 Å². The average molecular weight is 411 g/mol. The number of carbonyl (C=O) groups excluding carboxylic acids is 1. The van der Waals surface area contributed by atoms with Gasteiger partial charge in [-0.25, -0.2) is 27.7 Å². The number of esters is 1. The molecule has 3 aromatic rings. The molecule has 3 rings (SSSR count). The third-order valence-corrected chi connectivity index (χ3v) is 4.66. The van der Waals surface area contributed by atoms with Gasteiger partial charge >= 0.3 is 5.97 Å². The van der Waals surface area contributed by atoms with Gasteiger partial charge in [-0.15, -0.1) is 0 Å². The molecule has 2 aromatic carbocycles. The molecule has 0 aliphatic carbocycles. The zero-order chi connectivity index (χ0) is 19.6. The molecule has 10 heteroatoms. The first-order valence-electron chi connectivity index (χ1n) is 7.44. The highest BCUT2D eigenvalue weighted by Crippen LogP contribution is 2.23. The number of hydrogen-bond acceptors (Lipinski definition) is 6. The second kappa shape index (κ2) is 7.47. The van der Waals surface area contributed by atoms with E-state index in [4.69, 9.17) is 25.9 Å². The van der Waals surface area contributed by atoms with Crippen LogP contribution in [-0.2, 0) is 21.4 Å². The monoisotopic (exact) mass is 410 g/mol. The Bertz CT molecular complexity index is 1100. The number of benzene rings is 2. The second-order valence-electron chi connectivity index (χ2n) is 5.39. The number of carbonyl (C=O) groups is 1. The van der Waals surface area contributed by atoms with Gasteiger partial charge in [0, 0.05) is 10.6 Å². The largest absolute Gasteiger partial charge is 0.452 e. The number of aromatic nitrogens is 1. The van der Waals surface area contributed by atoms with Crippen LogP contribution in [0.25, 0.3) is 11.3 Å². The lowest BCUT2D eigenvalue weighted by atomic mass is 10.2. The van der Waals surface area contributed by atoms with Gasteiger partial charge in [0.15, 0.2) is 12.4 Å². The Labute approximate surface area is 158 Å². The third kappa shape index (κ3) is 4.51. The zero-order valence-corrected chi connectivity index (χ0v) is 15.1. The molecule has 140 valence electrons. The summed E-state index contributed by atoms with van der Waals surface area (Å²) in [7, 11) is -4.09. The minimum absolute atomic E-state index is 0.0799. The van der Waals surface area contributed by atoms with Crippen LogP contribution in [0.3, 0.4) is 0 Å². The lowest BCUT2D eigenvalue weighted by molar-refractivity contribution is 0.0433. The molecule has 0 spiro atoms. The molecular weight excluding hydrogens is 399 g/mol. The molecule has 0 saturated carbocycles. The summed E-state index contributed by atoms with van der Waals surface area (Å²) in [5, 5.41) is 5.54. The first kappa shape index (κ1) is 19.0. The quantitative estimate of drug-likeness (QED) is 0.646. The van der Waals surface area contributed by atoms with Crippen molar-refractivity contribution in [3.8, 4) is 11.3 Å². The Morgan fingerprint density at radius 2 is 1.93 bits per heavy atom. The number of sulfonamides is 1. The maximum absolute atomic E-state index is 13.8. The normalized spacial score (nSPS) is 11.4. The Morgan fingerprint density at radius 1 is 1.22 bits per heavy atom. The van der Waals surface area contributed by atoms with Crippen LogP contribution in [0.4, 0.5) is 4.39 Å². The first-order valence-corrected chi connectivity index (χ1v) is 9.36. The van der Waals surface area contributed by atoms with Crippen LogP contribution in [0.1, 0.15) is 16.2 Å². The molecule has 0 amide bonds. The number of hydrogen-bond donors (Lipinski definition) is 1. The standard InChI is InChI=1S/C17H12ClFN2O5S/c18-11-3-1-10(2-4-11)15-8-21-16(26-15)9-25-17(22)13-7-12(27(20,23)24)5-6-14(13)19/h1-8H,9H2,(H2,20,23,24). The van der Waals surface area contributed by atoms with Crippen molar-refractivity contribution in [3.63, 3.8) is 0 Å². The summed E-state index contributed by atoms with van der Waals surface area (Å²) in [5.41, 5.74) is 0.155. The number of primary sulfonamides is 1. The van der Waals surface area contributed by atoms with E-state index in [2.05, 4.69) is 4.98 Å². The van der Waals surface area contributed by atoms with Gasteiger partial charge in [0.25, 0.3) is 0 Å². The Hall–Kier alpha value is -2.75. The molecule has 0 radical (unpaired) electrons. The minimum atomic E-state index is -4.09. The van der Waals surface area contributed by atoms with Crippen LogP contribution >= 0.6 is 11.6 Å². The molecular formula is C17H12ClFN2O5S. The van der Waals surface area contributed by atoms with Gasteiger partial charge in [0.05, 0.1) is 16.7 Å². The van der Waals surface area contributed by atoms with E-state index in [-0.39, 0.29) is 12.5 Å². The van der Waals surface area contributed by atoms with Gasteiger partial charge in [-0.05, 0) is 42.5 Å². The smallest absolute Gasteiger partial charge is 0.341 e. The SMILES string of the molecule is NS(=O)(=O)c1ccc(F)c(C(=O)OCc2ncc(-c3ccc(Cl)cc3)o2)c1. The molecule has 1 aromatic heterocycles. The van der Waals surface area contributed by atoms with Crippen molar-refractivity contribution in [2.24, 2.45) is 5.14 Å². The maximum Gasteiger partial charge on any atom is 0.341 e. The van der Waals surface area contributed by atoms with E-state index < -0.39 is 32.3 Å². The highest BCUT2D eigenvalue weighted by atomic mass is 35.5. The van der Waals surface area contributed by atoms with Crippen molar-refractivity contribution in [2.45, 2.75) is 11.5 Å². The Balaban J connectivity index is 1.72. The number of rotatable bonds is 5. The van der Waals surface area contributed by atoms with E-state index in [0.29, 0.717) is 10.8 Å². The van der Waals surface area contributed by atoms with Crippen LogP contribution in [0.15, 0.2) is 58.0 Å². The van der Waals surface area contributed by atoms with Crippen LogP contribution < -0.4 is 5.14 Å². The van der Waals surface area contributed by atoms with E-state index in [1.807, 2.05) is 0 Å². The number of oxazole rings is 1. The fourth-order valence-corrected chi connectivity index (χ4v) is 2.83. The van der Waals surface area contributed by atoms with E-state index in [9.17, 15) is 17.6 Å². The van der Waals surface area contributed by atoms with E-state index in [1.54, 1.807) is 24.3 Å². The minimum Gasteiger partial charge on any atom is -0.452 e. The van der Waals surface area contributed by atoms with E-state index in [0.717, 1.165) is 23.8 Å². The number of ether oxygens (including phenoxy) is 1. The summed E-state index contributed by atoms with van der Waals surface area (Å²) in [4.78, 5) is 15.6. The summed E-state index contributed by atoms with van der Waals surface area (Å²) in [6.07, 6.45) is 1.44. The predicted molar refractivity (Wildman–Crippen MR) is 93.8 cm³/mol. The molecule has 2 N–H and O–H groups in total. The van der Waals surface area contributed by atoms with Crippen LogP contribution in [0, 0.1) is 5.82 Å². The van der Waals surface area contributed by atoms with Gasteiger partial charge in [-0.3, -0.25) is 0 Å². The predicted octanol–water partition coefficient (Wildman–Crippen LogP) is 3.14. The van der Waals surface area contributed by atoms with Crippen LogP contribution in [0.5, 0.6) is 0 Å². The summed E-state index contributed by atoms with van der Waals surface area (Å²) in [6.45, 7) is -0.370. The number of halogens is 2. The van der Waals surface area contributed by atoms with Gasteiger partial charge in [0.1, 0.15) is 5.82 Å². The maximum atomic E-state index is 13.8. The summed E-state index contributed by atoms with van der Waals surface area (Å²) in [5.74, 6) is -1.51. The molecule has 0 unspecified atom stereocenters. The van der Waals surface area contributed by atoms with E-state index in [1.165, 1.54) is 6.20 Å².